The molecule has 0 N–H and O–H groups in total. The summed E-state index contributed by atoms with van der Waals surface area (Å²) >= 11 is 13.7. The Morgan fingerprint density at radius 3 is 2.24 bits per heavy atom. The van der Waals surface area contributed by atoms with Crippen LogP contribution in [0.15, 0.2) is 72.8 Å². The first-order valence-corrected chi connectivity index (χ1v) is 21.4. The second kappa shape index (κ2) is 17.5. The van der Waals surface area contributed by atoms with E-state index >= 15 is 4.79 Å². The molecule has 0 spiro atoms. The normalized spacial score (nSPS) is 13.9. The smallest absolute Gasteiger partial charge is 0.354 e. The minimum Gasteiger partial charge on any atom is -0.496 e. The number of carbonyl (C=O) groups excluding carboxylic acids is 2. The molecule has 0 bridgehead atoms. The zero-order valence-electron chi connectivity index (χ0n) is 36.2. The first-order chi connectivity index (χ1) is 29.8. The van der Waals surface area contributed by atoms with Gasteiger partial charge < -0.3 is 33.0 Å². The number of aromatic nitrogens is 4. The number of hydrogen-bond donors (Lipinski definition) is 0. The summed E-state index contributed by atoms with van der Waals surface area (Å²) in [6, 6.07) is 23.1. The zero-order chi connectivity index (χ0) is 44.0. The molecule has 8 rings (SSSR count). The van der Waals surface area contributed by atoms with E-state index in [9.17, 15) is 4.79 Å². The van der Waals surface area contributed by atoms with Crippen molar-refractivity contribution in [3.05, 3.63) is 134 Å². The lowest BCUT2D eigenvalue weighted by atomic mass is 9.97. The Balaban J connectivity index is 1.24. The van der Waals surface area contributed by atoms with Crippen molar-refractivity contribution in [1.82, 2.24) is 19.1 Å². The van der Waals surface area contributed by atoms with Gasteiger partial charge in [-0.15, -0.1) is 0 Å². The maximum Gasteiger partial charge on any atom is 0.354 e. The maximum atomic E-state index is 15.4. The van der Waals surface area contributed by atoms with Gasteiger partial charge in [0.15, 0.2) is 5.82 Å². The second-order valence-electron chi connectivity index (χ2n) is 15.9. The molecule has 0 saturated carbocycles. The Kier molecular flexibility index (Phi) is 12.1. The molecule has 1 atom stereocenters. The van der Waals surface area contributed by atoms with Gasteiger partial charge in [0.2, 0.25) is 0 Å². The zero-order valence-corrected chi connectivity index (χ0v) is 37.7. The summed E-state index contributed by atoms with van der Waals surface area (Å²) in [5.41, 5.74) is 10.0. The summed E-state index contributed by atoms with van der Waals surface area (Å²) in [7, 11) is 4.73. The van der Waals surface area contributed by atoms with Crippen molar-refractivity contribution in [2.75, 3.05) is 32.3 Å². The van der Waals surface area contributed by atoms with Crippen molar-refractivity contribution in [2.24, 2.45) is 7.05 Å². The standard InChI is InChI=1S/C49H49Cl2N5O6/c1-27-21-33(22-28(2)44(27)51)62-20-12-15-34-35-16-17-37(50)43(42-30(4)52-41(53-31(42)5)26-61-25-32-13-10-9-11-14-32)46(35)56-29(3)24-55(48(57)47(34)56)38-18-19-40(59-7)36-23-39(49(58)60-8)54(6)45(36)38/h9-11,13-14,16-19,21-23,29H,12,15,20,24-26H2,1-8H3/t29-/m1/s1. The van der Waals surface area contributed by atoms with E-state index in [0.717, 1.165) is 66.4 Å². The van der Waals surface area contributed by atoms with Crippen LogP contribution in [-0.2, 0) is 36.2 Å². The highest BCUT2D eigenvalue weighted by Crippen LogP contribution is 2.46. The van der Waals surface area contributed by atoms with Gasteiger partial charge in [-0.1, -0.05) is 59.6 Å². The highest BCUT2D eigenvalue weighted by atomic mass is 35.5. The van der Waals surface area contributed by atoms with Crippen LogP contribution in [0.1, 0.15) is 79.8 Å². The molecule has 4 heterocycles. The van der Waals surface area contributed by atoms with Crippen LogP contribution < -0.4 is 14.4 Å². The number of carbonyl (C=O) groups is 2. The molecule has 11 nitrogen and oxygen atoms in total. The van der Waals surface area contributed by atoms with Crippen molar-refractivity contribution >= 4 is 62.6 Å². The van der Waals surface area contributed by atoms with Crippen LogP contribution in [0, 0.1) is 27.7 Å². The number of esters is 1. The van der Waals surface area contributed by atoms with Gasteiger partial charge >= 0.3 is 5.97 Å². The monoisotopic (exact) mass is 873 g/mol. The van der Waals surface area contributed by atoms with Crippen molar-refractivity contribution in [1.29, 1.82) is 0 Å². The number of methoxy groups -OCH3 is 2. The van der Waals surface area contributed by atoms with Gasteiger partial charge in [-0.3, -0.25) is 4.79 Å². The molecule has 4 aromatic carbocycles. The molecule has 62 heavy (non-hydrogen) atoms. The Bertz CT molecular complexity index is 2840. The molecule has 13 heteroatoms. The second-order valence-corrected chi connectivity index (χ2v) is 16.7. The van der Waals surface area contributed by atoms with Gasteiger partial charge in [0.25, 0.3) is 5.91 Å². The lowest BCUT2D eigenvalue weighted by Crippen LogP contribution is -2.43. The van der Waals surface area contributed by atoms with Gasteiger partial charge in [-0.05, 0) is 106 Å². The highest BCUT2D eigenvalue weighted by molar-refractivity contribution is 6.35. The molecule has 0 unspecified atom stereocenters. The molecular formula is C49H49Cl2N5O6. The molecule has 320 valence electrons. The van der Waals surface area contributed by atoms with E-state index in [0.29, 0.717) is 77.2 Å². The van der Waals surface area contributed by atoms with Crippen molar-refractivity contribution < 1.29 is 28.5 Å². The third-order valence-corrected chi connectivity index (χ3v) is 12.7. The van der Waals surface area contributed by atoms with Gasteiger partial charge in [0.1, 0.15) is 29.5 Å². The molecule has 3 aromatic heterocycles. The van der Waals surface area contributed by atoms with Gasteiger partial charge in [0.05, 0.1) is 49.2 Å². The average molecular weight is 875 g/mol. The van der Waals surface area contributed by atoms with Crippen LogP contribution in [0.25, 0.3) is 32.9 Å². The number of aryl methyl sites for hydroxylation is 6. The highest BCUT2D eigenvalue weighted by Gasteiger charge is 2.38. The fourth-order valence-corrected chi connectivity index (χ4v) is 9.32. The third-order valence-electron chi connectivity index (χ3n) is 11.8. The van der Waals surface area contributed by atoms with E-state index < -0.39 is 5.97 Å². The Labute approximate surface area is 371 Å². The molecule has 0 radical (unpaired) electrons. The molecule has 7 aromatic rings. The SMILES string of the molecule is COC(=O)c1cc2c(OC)ccc(N3C[C@@H](C)n4c(c(CCCOc5cc(C)c(Cl)c(C)c5)c5ccc(Cl)c(-c6c(C)nc(COCc7ccccc7)nc6C)c54)C3=O)c2n1C. The first-order valence-electron chi connectivity index (χ1n) is 20.6. The fraction of sp³-hybridized carbons (Fsp3) is 0.306. The lowest BCUT2D eigenvalue weighted by molar-refractivity contribution is 0.0590. The van der Waals surface area contributed by atoms with E-state index in [1.807, 2.05) is 99.3 Å². The third kappa shape index (κ3) is 7.67. The summed E-state index contributed by atoms with van der Waals surface area (Å²) in [5.74, 6) is 1.23. The topological polar surface area (TPSA) is 110 Å². The predicted octanol–water partition coefficient (Wildman–Crippen LogP) is 10.9. The van der Waals surface area contributed by atoms with Crippen LogP contribution in [-0.4, -0.2) is 58.3 Å². The number of amides is 1. The fourth-order valence-electron chi connectivity index (χ4n) is 8.97. The molecule has 0 aliphatic carbocycles. The molecular weight excluding hydrogens is 825 g/mol. The van der Waals surface area contributed by atoms with Gasteiger partial charge in [0, 0.05) is 57.9 Å². The molecule has 0 fully saturated rings. The minimum absolute atomic E-state index is 0.177. The van der Waals surface area contributed by atoms with E-state index in [2.05, 4.69) is 11.5 Å². The van der Waals surface area contributed by atoms with Crippen LogP contribution in [0.5, 0.6) is 11.5 Å². The molecule has 0 saturated heterocycles. The number of rotatable bonds is 13. The number of benzene rings is 4. The van der Waals surface area contributed by atoms with Crippen LogP contribution >= 0.6 is 23.2 Å². The Hall–Kier alpha value is -5.88. The van der Waals surface area contributed by atoms with Crippen LogP contribution in [0.4, 0.5) is 5.69 Å². The van der Waals surface area contributed by atoms with Gasteiger partial charge in [-0.2, -0.15) is 0 Å². The van der Waals surface area contributed by atoms with Crippen molar-refractivity contribution in [3.8, 4) is 22.6 Å². The summed E-state index contributed by atoms with van der Waals surface area (Å²) in [4.78, 5) is 40.0. The lowest BCUT2D eigenvalue weighted by Gasteiger charge is -2.35. The van der Waals surface area contributed by atoms with Crippen molar-refractivity contribution in [3.63, 3.8) is 0 Å². The first kappa shape index (κ1) is 42.8. The number of halogens is 2. The van der Waals surface area contributed by atoms with E-state index in [1.165, 1.54) is 7.11 Å². The summed E-state index contributed by atoms with van der Waals surface area (Å²) in [5, 5.41) is 2.87. The van der Waals surface area contributed by atoms with Crippen LogP contribution in [0.3, 0.4) is 0 Å². The molecule has 1 aliphatic rings. The minimum atomic E-state index is -0.490. The van der Waals surface area contributed by atoms with Crippen LogP contribution in [0.2, 0.25) is 10.0 Å². The summed E-state index contributed by atoms with van der Waals surface area (Å²) in [6.45, 7) is 11.4. The number of nitrogens with zero attached hydrogens (tertiary/aromatic N) is 5. The van der Waals surface area contributed by atoms with Gasteiger partial charge in [-0.25, -0.2) is 14.8 Å². The number of anilines is 1. The maximum absolute atomic E-state index is 15.4. The Morgan fingerprint density at radius 1 is 0.855 bits per heavy atom. The summed E-state index contributed by atoms with van der Waals surface area (Å²) < 4.78 is 27.1. The molecule has 1 amide bonds. The summed E-state index contributed by atoms with van der Waals surface area (Å²) in [6.07, 6.45) is 1.16. The number of fused-ring (bicyclic) bond motifs is 4. The Morgan fingerprint density at radius 2 is 1.56 bits per heavy atom. The van der Waals surface area contributed by atoms with Crippen molar-refractivity contribution in [2.45, 2.75) is 66.7 Å². The largest absolute Gasteiger partial charge is 0.496 e. The number of hydrogen-bond acceptors (Lipinski definition) is 8. The van der Waals surface area contributed by atoms with E-state index in [-0.39, 0.29) is 18.6 Å². The molecule has 1 aliphatic heterocycles. The quantitative estimate of drug-likeness (QED) is 0.0832. The van der Waals surface area contributed by atoms with E-state index in [1.54, 1.807) is 24.8 Å². The average Bonchev–Trinajstić information content (AvgIpc) is 3.78. The van der Waals surface area contributed by atoms with E-state index in [4.69, 9.17) is 52.1 Å². The predicted molar refractivity (Wildman–Crippen MR) is 244 cm³/mol. The number of ether oxygens (including phenoxy) is 4.